The van der Waals surface area contributed by atoms with Crippen LogP contribution in [-0.2, 0) is 6.54 Å². The molecule has 1 aromatic heterocycles. The van der Waals surface area contributed by atoms with Gasteiger partial charge in [0.1, 0.15) is 11.6 Å². The molecule has 1 aromatic carbocycles. The lowest BCUT2D eigenvalue weighted by Gasteiger charge is -2.12. The highest BCUT2D eigenvalue weighted by Crippen LogP contribution is 2.12. The molecule has 0 saturated heterocycles. The first kappa shape index (κ1) is 16.2. The normalized spacial score (nSPS) is 10.8. The topological polar surface area (TPSA) is 53.1 Å². The van der Waals surface area contributed by atoms with Gasteiger partial charge in [-0.3, -0.25) is 0 Å². The molecule has 0 atom stereocenters. The number of benzene rings is 1. The van der Waals surface area contributed by atoms with Crippen molar-refractivity contribution in [3.8, 4) is 0 Å². The molecule has 0 fully saturated rings. The second-order valence-corrected chi connectivity index (χ2v) is 5.39. The molecule has 0 aliphatic carbocycles. The number of anilines is 2. The van der Waals surface area contributed by atoms with Crippen molar-refractivity contribution in [1.82, 2.24) is 14.9 Å². The van der Waals surface area contributed by atoms with E-state index < -0.39 is 0 Å². The van der Waals surface area contributed by atoms with E-state index in [1.54, 1.807) is 12.1 Å². The van der Waals surface area contributed by atoms with Gasteiger partial charge in [-0.1, -0.05) is 18.2 Å². The molecule has 5 nitrogen and oxygen atoms in total. The molecule has 6 heteroatoms. The predicted octanol–water partition coefficient (Wildman–Crippen LogP) is 2.51. The number of hydrogen-bond acceptors (Lipinski definition) is 5. The Hall–Kier alpha value is -2.21. The highest BCUT2D eigenvalue weighted by molar-refractivity contribution is 5.42. The lowest BCUT2D eigenvalue weighted by atomic mass is 10.2. The summed E-state index contributed by atoms with van der Waals surface area (Å²) in [6.07, 6.45) is 0. The van der Waals surface area contributed by atoms with Gasteiger partial charge < -0.3 is 15.5 Å². The average molecular weight is 303 g/mol. The van der Waals surface area contributed by atoms with Crippen molar-refractivity contribution in [3.63, 3.8) is 0 Å². The van der Waals surface area contributed by atoms with Gasteiger partial charge in [0.05, 0.1) is 0 Å². The maximum absolute atomic E-state index is 13.6. The molecule has 0 spiro atoms. The molecule has 0 aliphatic heterocycles. The van der Waals surface area contributed by atoms with Crippen LogP contribution < -0.4 is 10.6 Å². The first-order valence-electron chi connectivity index (χ1n) is 7.26. The van der Waals surface area contributed by atoms with E-state index in [1.807, 2.05) is 33.2 Å². The van der Waals surface area contributed by atoms with Gasteiger partial charge in [-0.05, 0) is 27.1 Å². The highest BCUT2D eigenvalue weighted by atomic mass is 19.1. The van der Waals surface area contributed by atoms with E-state index in [9.17, 15) is 4.39 Å². The summed E-state index contributed by atoms with van der Waals surface area (Å²) in [6.45, 7) is 3.96. The zero-order valence-corrected chi connectivity index (χ0v) is 13.2. The van der Waals surface area contributed by atoms with Gasteiger partial charge in [-0.15, -0.1) is 0 Å². The monoisotopic (exact) mass is 303 g/mol. The quantitative estimate of drug-likeness (QED) is 0.823. The van der Waals surface area contributed by atoms with E-state index >= 15 is 0 Å². The minimum atomic E-state index is -0.217. The summed E-state index contributed by atoms with van der Waals surface area (Å²) in [5.41, 5.74) is 1.47. The van der Waals surface area contributed by atoms with Crippen LogP contribution in [0.25, 0.3) is 0 Å². The number of aryl methyl sites for hydroxylation is 1. The summed E-state index contributed by atoms with van der Waals surface area (Å²) in [5, 5.41) is 6.33. The summed E-state index contributed by atoms with van der Waals surface area (Å²) in [7, 11) is 4.03. The average Bonchev–Trinajstić information content (AvgIpc) is 2.45. The SMILES string of the molecule is Cc1cc(NCc2ccccc2F)nc(NCCN(C)C)n1. The summed E-state index contributed by atoms with van der Waals surface area (Å²) in [6, 6.07) is 8.56. The van der Waals surface area contributed by atoms with Gasteiger partial charge in [0.25, 0.3) is 0 Å². The number of nitrogens with one attached hydrogen (secondary N) is 2. The Balaban J connectivity index is 1.99. The molecule has 118 valence electrons. The molecular formula is C16H22FN5. The van der Waals surface area contributed by atoms with Crippen molar-refractivity contribution in [1.29, 1.82) is 0 Å². The number of likely N-dealkylation sites (N-methyl/N-ethyl adjacent to an activating group) is 1. The molecule has 22 heavy (non-hydrogen) atoms. The van der Waals surface area contributed by atoms with Crippen molar-refractivity contribution in [2.45, 2.75) is 13.5 Å². The molecule has 2 rings (SSSR count). The van der Waals surface area contributed by atoms with Crippen LogP contribution in [0, 0.1) is 12.7 Å². The van der Waals surface area contributed by atoms with Gasteiger partial charge in [0.15, 0.2) is 0 Å². The largest absolute Gasteiger partial charge is 0.366 e. The van der Waals surface area contributed by atoms with Crippen LogP contribution in [0.5, 0.6) is 0 Å². The summed E-state index contributed by atoms with van der Waals surface area (Å²) < 4.78 is 13.6. The van der Waals surface area contributed by atoms with Crippen LogP contribution in [0.2, 0.25) is 0 Å². The number of aromatic nitrogens is 2. The maximum atomic E-state index is 13.6. The molecular weight excluding hydrogens is 281 g/mol. The van der Waals surface area contributed by atoms with Crippen molar-refractivity contribution in [2.24, 2.45) is 0 Å². The second-order valence-electron chi connectivity index (χ2n) is 5.39. The Kier molecular flexibility index (Phi) is 5.66. The van der Waals surface area contributed by atoms with Gasteiger partial charge in [-0.2, -0.15) is 4.98 Å². The Morgan fingerprint density at radius 1 is 1.14 bits per heavy atom. The van der Waals surface area contributed by atoms with E-state index in [0.29, 0.717) is 23.9 Å². The van der Waals surface area contributed by atoms with Gasteiger partial charge in [0, 0.05) is 37.0 Å². The molecule has 0 saturated carbocycles. The number of rotatable bonds is 7. The first-order valence-corrected chi connectivity index (χ1v) is 7.26. The lowest BCUT2D eigenvalue weighted by molar-refractivity contribution is 0.425. The molecule has 0 amide bonds. The van der Waals surface area contributed by atoms with Crippen LogP contribution in [0.15, 0.2) is 30.3 Å². The summed E-state index contributed by atoms with van der Waals surface area (Å²) in [5.74, 6) is 1.05. The van der Waals surface area contributed by atoms with Gasteiger partial charge in [-0.25, -0.2) is 9.37 Å². The van der Waals surface area contributed by atoms with Crippen molar-refractivity contribution >= 4 is 11.8 Å². The molecule has 0 unspecified atom stereocenters. The summed E-state index contributed by atoms with van der Waals surface area (Å²) >= 11 is 0. The van der Waals surface area contributed by atoms with Gasteiger partial charge in [0.2, 0.25) is 5.95 Å². The van der Waals surface area contributed by atoms with Crippen molar-refractivity contribution in [3.05, 3.63) is 47.4 Å². The second kappa shape index (κ2) is 7.70. The fraction of sp³-hybridized carbons (Fsp3) is 0.375. The maximum Gasteiger partial charge on any atom is 0.224 e. The van der Waals surface area contributed by atoms with Crippen LogP contribution in [-0.4, -0.2) is 42.1 Å². The summed E-state index contributed by atoms with van der Waals surface area (Å²) in [4.78, 5) is 10.8. The van der Waals surface area contributed by atoms with E-state index in [4.69, 9.17) is 0 Å². The smallest absolute Gasteiger partial charge is 0.224 e. The first-order chi connectivity index (χ1) is 10.5. The third kappa shape index (κ3) is 4.96. The van der Waals surface area contributed by atoms with Crippen LogP contribution in [0.3, 0.4) is 0 Å². The Labute approximate surface area is 130 Å². The fourth-order valence-electron chi connectivity index (χ4n) is 1.96. The molecule has 1 heterocycles. The fourth-order valence-corrected chi connectivity index (χ4v) is 1.96. The number of nitrogens with zero attached hydrogens (tertiary/aromatic N) is 3. The third-order valence-corrected chi connectivity index (χ3v) is 3.11. The van der Waals surface area contributed by atoms with Crippen molar-refractivity contribution < 1.29 is 4.39 Å². The third-order valence-electron chi connectivity index (χ3n) is 3.11. The van der Waals surface area contributed by atoms with Crippen molar-refractivity contribution in [2.75, 3.05) is 37.8 Å². The molecule has 2 N–H and O–H groups in total. The van der Waals surface area contributed by atoms with E-state index in [0.717, 1.165) is 18.8 Å². The Morgan fingerprint density at radius 2 is 1.91 bits per heavy atom. The van der Waals surface area contributed by atoms with E-state index in [1.165, 1.54) is 6.07 Å². The van der Waals surface area contributed by atoms with Crippen LogP contribution in [0.1, 0.15) is 11.3 Å². The standard InChI is InChI=1S/C16H22FN5/c1-12-10-15(19-11-13-6-4-5-7-14(13)17)21-16(20-12)18-8-9-22(2)3/h4-7,10H,8-9,11H2,1-3H3,(H2,18,19,20,21). The molecule has 2 aromatic rings. The van der Waals surface area contributed by atoms with Crippen LogP contribution in [0.4, 0.5) is 16.2 Å². The molecule has 0 bridgehead atoms. The molecule has 0 aliphatic rings. The highest BCUT2D eigenvalue weighted by Gasteiger charge is 2.04. The number of halogens is 1. The predicted molar refractivity (Wildman–Crippen MR) is 87.5 cm³/mol. The lowest BCUT2D eigenvalue weighted by Crippen LogP contribution is -2.21. The zero-order chi connectivity index (χ0) is 15.9. The van der Waals surface area contributed by atoms with Gasteiger partial charge >= 0.3 is 0 Å². The number of hydrogen-bond donors (Lipinski definition) is 2. The molecule has 0 radical (unpaired) electrons. The minimum absolute atomic E-state index is 0.217. The minimum Gasteiger partial charge on any atom is -0.366 e. The Bertz CT molecular complexity index is 615. The zero-order valence-electron chi connectivity index (χ0n) is 13.2. The van der Waals surface area contributed by atoms with Crippen LogP contribution >= 0.6 is 0 Å². The Morgan fingerprint density at radius 3 is 2.64 bits per heavy atom. The van der Waals surface area contributed by atoms with E-state index in [-0.39, 0.29) is 5.82 Å². The van der Waals surface area contributed by atoms with E-state index in [2.05, 4.69) is 25.5 Å².